The predicted octanol–water partition coefficient (Wildman–Crippen LogP) is 2.56. The highest BCUT2D eigenvalue weighted by Gasteiger charge is 2.73. The largest absolute Gasteiger partial charge is 0.452 e. The number of rotatable bonds is 2. The predicted molar refractivity (Wildman–Crippen MR) is 92.2 cm³/mol. The van der Waals surface area contributed by atoms with Crippen molar-refractivity contribution in [3.8, 4) is 11.5 Å². The first-order valence-corrected chi connectivity index (χ1v) is 8.89. The van der Waals surface area contributed by atoms with Gasteiger partial charge in [-0.2, -0.15) is 0 Å². The van der Waals surface area contributed by atoms with Crippen LogP contribution in [0, 0.1) is 0 Å². The zero-order valence-corrected chi connectivity index (χ0v) is 15.4. The Hall–Kier alpha value is -2.67. The quantitative estimate of drug-likeness (QED) is 0.341. The number of carbonyl (C=O) groups is 3. The maximum Gasteiger partial charge on any atom is 0.342 e. The fourth-order valence-electron chi connectivity index (χ4n) is 3.95. The summed E-state index contributed by atoms with van der Waals surface area (Å²) in [5, 5.41) is 0. The van der Waals surface area contributed by atoms with Crippen LogP contribution < -0.4 is 9.47 Å². The summed E-state index contributed by atoms with van der Waals surface area (Å²) in [7, 11) is 0. The van der Waals surface area contributed by atoms with Crippen LogP contribution in [0.1, 0.15) is 50.8 Å². The molecule has 0 saturated carbocycles. The molecule has 0 unspecified atom stereocenters. The average Bonchev–Trinajstić information content (AvgIpc) is 3.24. The van der Waals surface area contributed by atoms with Gasteiger partial charge in [0.25, 0.3) is 0 Å². The molecule has 7 nitrogen and oxygen atoms in total. The van der Waals surface area contributed by atoms with Crippen LogP contribution >= 0.6 is 0 Å². The van der Waals surface area contributed by atoms with Crippen LogP contribution in [0.5, 0.6) is 11.5 Å². The third-order valence-electron chi connectivity index (χ3n) is 5.12. The van der Waals surface area contributed by atoms with E-state index in [2.05, 4.69) is 0 Å². The molecule has 2 heterocycles. The topological polar surface area (TPSA) is 91.4 Å². The lowest BCUT2D eigenvalue weighted by molar-refractivity contribution is -0.154. The fourth-order valence-corrected chi connectivity index (χ4v) is 3.95. The molecule has 0 N–H and O–H groups in total. The first kappa shape index (κ1) is 17.7. The van der Waals surface area contributed by atoms with Gasteiger partial charge in [0.1, 0.15) is 17.6 Å². The summed E-state index contributed by atoms with van der Waals surface area (Å²) in [4.78, 5) is 35.7. The maximum atomic E-state index is 12.5. The molecule has 1 aromatic carbocycles. The van der Waals surface area contributed by atoms with Gasteiger partial charge in [-0.3, -0.25) is 9.59 Å². The second-order valence-electron chi connectivity index (χ2n) is 7.16. The van der Waals surface area contributed by atoms with Crippen molar-refractivity contribution in [2.75, 3.05) is 0 Å². The molecule has 27 heavy (non-hydrogen) atoms. The standard InChI is InChI=1S/C20H20O7/c1-10-5-4-8-20-18(27-20)17(26-19(20)23)16-13(9-10)14(24-11(2)21)6-7-15(16)25-12(3)22/h5-7,17-18H,4,8-9H2,1-3H3/b10-5-/t17-,18-,20-/m0/s1. The molecular weight excluding hydrogens is 352 g/mol. The molecule has 4 rings (SSSR count). The monoisotopic (exact) mass is 372 g/mol. The highest BCUT2D eigenvalue weighted by molar-refractivity contribution is 5.87. The molecule has 2 saturated heterocycles. The zero-order valence-electron chi connectivity index (χ0n) is 15.4. The van der Waals surface area contributed by atoms with Crippen LogP contribution in [-0.4, -0.2) is 29.6 Å². The first-order valence-electron chi connectivity index (χ1n) is 8.89. The lowest BCUT2D eigenvalue weighted by Crippen LogP contribution is -2.22. The Labute approximate surface area is 156 Å². The Kier molecular flexibility index (Phi) is 4.07. The van der Waals surface area contributed by atoms with Crippen molar-refractivity contribution in [1.82, 2.24) is 0 Å². The van der Waals surface area contributed by atoms with Crippen LogP contribution in [-0.2, 0) is 30.3 Å². The average molecular weight is 372 g/mol. The van der Waals surface area contributed by atoms with Crippen molar-refractivity contribution >= 4 is 17.9 Å². The van der Waals surface area contributed by atoms with Gasteiger partial charge < -0.3 is 18.9 Å². The summed E-state index contributed by atoms with van der Waals surface area (Å²) in [6, 6.07) is 3.15. The number of benzene rings is 1. The number of hydrogen-bond donors (Lipinski definition) is 0. The molecule has 1 aromatic rings. The summed E-state index contributed by atoms with van der Waals surface area (Å²) in [5.41, 5.74) is 1.30. The highest BCUT2D eigenvalue weighted by Crippen LogP contribution is 2.58. The van der Waals surface area contributed by atoms with E-state index in [1.54, 1.807) is 12.1 Å². The Morgan fingerprint density at radius 1 is 1.15 bits per heavy atom. The summed E-state index contributed by atoms with van der Waals surface area (Å²) >= 11 is 0. The number of esters is 3. The molecule has 2 bridgehead atoms. The van der Waals surface area contributed by atoms with Gasteiger partial charge in [-0.05, 0) is 38.3 Å². The SMILES string of the molecule is CC(=O)Oc1ccc(OC(C)=O)c2c1C/C(C)=C\CC[C@]13O[C@H]1[C@H]2OC3=O. The lowest BCUT2D eigenvalue weighted by atomic mass is 9.88. The van der Waals surface area contributed by atoms with Gasteiger partial charge in [-0.15, -0.1) is 0 Å². The first-order chi connectivity index (χ1) is 12.8. The van der Waals surface area contributed by atoms with Gasteiger partial charge in [0.2, 0.25) is 0 Å². The van der Waals surface area contributed by atoms with E-state index in [0.717, 1.165) is 5.57 Å². The third-order valence-corrected chi connectivity index (χ3v) is 5.12. The smallest absolute Gasteiger partial charge is 0.342 e. The second-order valence-corrected chi connectivity index (χ2v) is 7.16. The third kappa shape index (κ3) is 2.92. The van der Waals surface area contributed by atoms with E-state index in [0.29, 0.717) is 36.1 Å². The molecule has 0 aromatic heterocycles. The lowest BCUT2D eigenvalue weighted by Gasteiger charge is -2.22. The minimum Gasteiger partial charge on any atom is -0.452 e. The number of epoxide rings is 1. The Morgan fingerprint density at radius 2 is 1.81 bits per heavy atom. The van der Waals surface area contributed by atoms with E-state index in [-0.39, 0.29) is 5.75 Å². The van der Waals surface area contributed by atoms with E-state index in [1.165, 1.54) is 13.8 Å². The van der Waals surface area contributed by atoms with E-state index in [4.69, 9.17) is 18.9 Å². The van der Waals surface area contributed by atoms with Crippen molar-refractivity contribution in [3.05, 3.63) is 34.9 Å². The molecule has 2 fully saturated rings. The molecule has 3 aliphatic rings. The molecule has 0 amide bonds. The van der Waals surface area contributed by atoms with E-state index in [9.17, 15) is 14.4 Å². The second kappa shape index (κ2) is 6.20. The van der Waals surface area contributed by atoms with Crippen LogP contribution in [0.15, 0.2) is 23.8 Å². The van der Waals surface area contributed by atoms with Crippen molar-refractivity contribution in [2.45, 2.75) is 57.8 Å². The van der Waals surface area contributed by atoms with Crippen molar-refractivity contribution in [2.24, 2.45) is 0 Å². The minimum absolute atomic E-state index is 0.283. The molecule has 0 spiro atoms. The van der Waals surface area contributed by atoms with Crippen LogP contribution in [0.2, 0.25) is 0 Å². The highest BCUT2D eigenvalue weighted by atomic mass is 16.7. The summed E-state index contributed by atoms with van der Waals surface area (Å²) in [6.07, 6.45) is 2.61. The van der Waals surface area contributed by atoms with Crippen molar-refractivity contribution < 1.29 is 33.3 Å². The van der Waals surface area contributed by atoms with Gasteiger partial charge in [-0.1, -0.05) is 11.6 Å². The van der Waals surface area contributed by atoms with Crippen LogP contribution in [0.3, 0.4) is 0 Å². The van der Waals surface area contributed by atoms with Gasteiger partial charge in [-0.25, -0.2) is 4.79 Å². The van der Waals surface area contributed by atoms with Crippen LogP contribution in [0.4, 0.5) is 0 Å². The minimum atomic E-state index is -0.930. The van der Waals surface area contributed by atoms with Gasteiger partial charge >= 0.3 is 17.9 Å². The van der Waals surface area contributed by atoms with Gasteiger partial charge in [0, 0.05) is 25.0 Å². The molecular formula is C20H20O7. The normalized spacial score (nSPS) is 30.2. The maximum absolute atomic E-state index is 12.5. The molecule has 2 aliphatic heterocycles. The van der Waals surface area contributed by atoms with E-state index >= 15 is 0 Å². The molecule has 0 radical (unpaired) electrons. The summed E-state index contributed by atoms with van der Waals surface area (Å²) in [5.74, 6) is -0.712. The Balaban J connectivity index is 1.91. The van der Waals surface area contributed by atoms with Crippen LogP contribution in [0.25, 0.3) is 0 Å². The van der Waals surface area contributed by atoms with E-state index < -0.39 is 35.7 Å². The van der Waals surface area contributed by atoms with Crippen molar-refractivity contribution in [1.29, 1.82) is 0 Å². The number of hydrogen-bond acceptors (Lipinski definition) is 7. The summed E-state index contributed by atoms with van der Waals surface area (Å²) < 4.78 is 22.2. The number of fused-ring (bicyclic) bond motifs is 2. The fraction of sp³-hybridized carbons (Fsp3) is 0.450. The summed E-state index contributed by atoms with van der Waals surface area (Å²) in [6.45, 7) is 4.59. The van der Waals surface area contributed by atoms with Gasteiger partial charge in [0.05, 0.1) is 0 Å². The molecule has 3 atom stereocenters. The Bertz CT molecular complexity index is 885. The van der Waals surface area contributed by atoms with Crippen molar-refractivity contribution in [3.63, 3.8) is 0 Å². The molecule has 1 aliphatic carbocycles. The number of allylic oxidation sites excluding steroid dienone is 2. The molecule has 7 heteroatoms. The zero-order chi connectivity index (χ0) is 19.3. The number of carbonyl (C=O) groups excluding carboxylic acids is 3. The Morgan fingerprint density at radius 3 is 2.48 bits per heavy atom. The van der Waals surface area contributed by atoms with E-state index in [1.807, 2.05) is 13.0 Å². The van der Waals surface area contributed by atoms with Gasteiger partial charge in [0.15, 0.2) is 11.7 Å². The number of ether oxygens (including phenoxy) is 4. The molecule has 142 valence electrons.